The zero-order valence-corrected chi connectivity index (χ0v) is 11.6. The quantitative estimate of drug-likeness (QED) is 0.425. The molecule has 0 heterocycles. The van der Waals surface area contributed by atoms with E-state index >= 15 is 0 Å². The molecule has 0 aromatic carbocycles. The average molecular weight is 273 g/mol. The third-order valence-corrected chi connectivity index (χ3v) is 3.69. The Hall–Kier alpha value is -0.940. The lowest BCUT2D eigenvalue weighted by molar-refractivity contribution is -0.158. The number of nitrogens with one attached hydrogen (secondary N) is 1. The van der Waals surface area contributed by atoms with Gasteiger partial charge in [-0.15, -0.1) is 5.48 Å². The molecule has 2 unspecified atom stereocenters. The topological polar surface area (TPSA) is 58.6 Å². The summed E-state index contributed by atoms with van der Waals surface area (Å²) >= 11 is 0. The van der Waals surface area contributed by atoms with Crippen LogP contribution in [-0.2, 0) is 9.63 Å². The van der Waals surface area contributed by atoms with Crippen molar-refractivity contribution in [1.29, 1.82) is 0 Å². The monoisotopic (exact) mass is 273 g/mol. The van der Waals surface area contributed by atoms with Gasteiger partial charge in [0.05, 0.1) is 18.3 Å². The summed E-state index contributed by atoms with van der Waals surface area (Å²) in [5, 5.41) is 10.2. The molecule has 0 amide bonds. The lowest BCUT2D eigenvalue weighted by Gasteiger charge is -2.41. The van der Waals surface area contributed by atoms with Crippen LogP contribution in [0, 0.1) is 0 Å². The fraction of sp³-hybridized carbons (Fsp3) is 0.786. The second kappa shape index (κ2) is 7.60. The van der Waals surface area contributed by atoms with E-state index in [0.717, 1.165) is 19.3 Å². The van der Waals surface area contributed by atoms with Crippen molar-refractivity contribution in [3.05, 3.63) is 12.2 Å². The molecule has 1 aliphatic rings. The number of carbonyl (C=O) groups is 1. The van der Waals surface area contributed by atoms with Crippen molar-refractivity contribution >= 4 is 5.97 Å². The van der Waals surface area contributed by atoms with Crippen LogP contribution in [0.4, 0.5) is 4.39 Å². The van der Waals surface area contributed by atoms with Crippen LogP contribution < -0.4 is 5.48 Å². The van der Waals surface area contributed by atoms with Crippen LogP contribution in [-0.4, -0.2) is 29.4 Å². The molecule has 0 aliphatic heterocycles. The van der Waals surface area contributed by atoms with Gasteiger partial charge in [0.25, 0.3) is 0 Å². The highest BCUT2D eigenvalue weighted by Gasteiger charge is 2.40. The molecule has 0 radical (unpaired) electrons. The molecular formula is C14H24FNO3. The summed E-state index contributed by atoms with van der Waals surface area (Å²) in [5.74, 6) is -0.525. The van der Waals surface area contributed by atoms with Crippen molar-refractivity contribution in [2.24, 2.45) is 0 Å². The third-order valence-electron chi connectivity index (χ3n) is 3.69. The van der Waals surface area contributed by atoms with Gasteiger partial charge in [-0.05, 0) is 39.0 Å². The summed E-state index contributed by atoms with van der Waals surface area (Å²) in [6, 6.07) is 0. The highest BCUT2D eigenvalue weighted by molar-refractivity contribution is 5.86. The molecule has 0 bridgehead atoms. The Morgan fingerprint density at radius 3 is 2.84 bits per heavy atom. The van der Waals surface area contributed by atoms with Gasteiger partial charge in [-0.3, -0.25) is 4.39 Å². The molecule has 0 aromatic rings. The summed E-state index contributed by atoms with van der Waals surface area (Å²) in [4.78, 5) is 16.4. The van der Waals surface area contributed by atoms with E-state index in [1.165, 1.54) is 0 Å². The van der Waals surface area contributed by atoms with Gasteiger partial charge in [-0.1, -0.05) is 19.4 Å². The maximum absolute atomic E-state index is 12.2. The number of aliphatic hydroxyl groups excluding tert-OH is 1. The highest BCUT2D eigenvalue weighted by Crippen LogP contribution is 2.33. The van der Waals surface area contributed by atoms with E-state index in [1.54, 1.807) is 6.92 Å². The summed E-state index contributed by atoms with van der Waals surface area (Å²) in [7, 11) is 0. The first-order valence-electron chi connectivity index (χ1n) is 6.90. The molecule has 1 aliphatic carbocycles. The van der Waals surface area contributed by atoms with Crippen LogP contribution >= 0.6 is 0 Å². The summed E-state index contributed by atoms with van der Waals surface area (Å²) in [6.07, 6.45) is 4.47. The zero-order valence-electron chi connectivity index (χ0n) is 11.6. The average Bonchev–Trinajstić information content (AvgIpc) is 2.39. The Morgan fingerprint density at radius 2 is 2.26 bits per heavy atom. The first kappa shape index (κ1) is 16.1. The van der Waals surface area contributed by atoms with Gasteiger partial charge >= 0.3 is 5.97 Å². The van der Waals surface area contributed by atoms with Crippen LogP contribution in [0.3, 0.4) is 0 Å². The normalized spacial score (nSPS) is 27.0. The van der Waals surface area contributed by atoms with Gasteiger partial charge in [0.2, 0.25) is 0 Å². The number of hydroxylamine groups is 1. The second-order valence-electron chi connectivity index (χ2n) is 5.34. The molecule has 19 heavy (non-hydrogen) atoms. The Kier molecular flexibility index (Phi) is 6.45. The van der Waals surface area contributed by atoms with Crippen LogP contribution in [0.5, 0.6) is 0 Å². The minimum atomic E-state index is -0.640. The minimum Gasteiger partial charge on any atom is -0.391 e. The molecule has 4 nitrogen and oxygen atoms in total. The van der Waals surface area contributed by atoms with E-state index in [1.807, 2.05) is 0 Å². The van der Waals surface area contributed by atoms with Gasteiger partial charge in [0.1, 0.15) is 0 Å². The largest absolute Gasteiger partial charge is 0.391 e. The lowest BCUT2D eigenvalue weighted by Crippen LogP contribution is -2.56. The van der Waals surface area contributed by atoms with Crippen molar-refractivity contribution < 1.29 is 19.1 Å². The summed E-state index contributed by atoms with van der Waals surface area (Å²) < 4.78 is 12.2. The SMILES string of the molecule is C=C(C)C(=O)ONC1(CCCCF)CCCCC1O. The number of hydrogen-bond donors (Lipinski definition) is 2. The van der Waals surface area contributed by atoms with Crippen LogP contribution in [0.2, 0.25) is 0 Å². The number of unbranched alkanes of at least 4 members (excludes halogenated alkanes) is 1. The highest BCUT2D eigenvalue weighted by atomic mass is 19.1. The predicted octanol–water partition coefficient (Wildman–Crippen LogP) is 2.42. The smallest absolute Gasteiger partial charge is 0.351 e. The Balaban J connectivity index is 2.62. The number of halogens is 1. The van der Waals surface area contributed by atoms with E-state index in [4.69, 9.17) is 4.84 Å². The van der Waals surface area contributed by atoms with Gasteiger partial charge in [0.15, 0.2) is 0 Å². The Bertz CT molecular complexity index is 322. The fourth-order valence-electron chi connectivity index (χ4n) is 2.45. The molecule has 2 N–H and O–H groups in total. The van der Waals surface area contributed by atoms with Crippen molar-refractivity contribution in [3.8, 4) is 0 Å². The van der Waals surface area contributed by atoms with E-state index in [-0.39, 0.29) is 6.67 Å². The molecule has 0 saturated heterocycles. The number of carbonyl (C=O) groups excluding carboxylic acids is 1. The van der Waals surface area contributed by atoms with Crippen LogP contribution in [0.15, 0.2) is 12.2 Å². The third kappa shape index (κ3) is 4.58. The first-order valence-corrected chi connectivity index (χ1v) is 6.90. The fourth-order valence-corrected chi connectivity index (χ4v) is 2.45. The predicted molar refractivity (Wildman–Crippen MR) is 71.1 cm³/mol. The number of rotatable bonds is 7. The van der Waals surface area contributed by atoms with E-state index in [9.17, 15) is 14.3 Å². The standard InChI is InChI=1S/C14H24FNO3/c1-11(2)13(18)19-16-14(9-5-6-10-15)8-4-3-7-12(14)17/h12,16-17H,1,3-10H2,2H3. The molecule has 110 valence electrons. The van der Waals surface area contributed by atoms with Crippen molar-refractivity contribution in [2.75, 3.05) is 6.67 Å². The lowest BCUT2D eigenvalue weighted by atomic mass is 9.76. The molecule has 0 aromatic heterocycles. The van der Waals surface area contributed by atoms with Crippen molar-refractivity contribution in [2.45, 2.75) is 63.5 Å². The maximum Gasteiger partial charge on any atom is 0.351 e. The molecular weight excluding hydrogens is 249 g/mol. The number of aliphatic hydroxyl groups is 1. The number of hydrogen-bond acceptors (Lipinski definition) is 4. The van der Waals surface area contributed by atoms with Gasteiger partial charge in [-0.25, -0.2) is 4.79 Å². The van der Waals surface area contributed by atoms with Crippen LogP contribution in [0.25, 0.3) is 0 Å². The van der Waals surface area contributed by atoms with Crippen molar-refractivity contribution in [3.63, 3.8) is 0 Å². The Labute approximate surface area is 114 Å². The van der Waals surface area contributed by atoms with Crippen molar-refractivity contribution in [1.82, 2.24) is 5.48 Å². The van der Waals surface area contributed by atoms with E-state index < -0.39 is 17.6 Å². The summed E-state index contributed by atoms with van der Waals surface area (Å²) in [5.41, 5.74) is 2.40. The van der Waals surface area contributed by atoms with Gasteiger partial charge in [-0.2, -0.15) is 0 Å². The van der Waals surface area contributed by atoms with E-state index in [2.05, 4.69) is 12.1 Å². The molecule has 5 heteroatoms. The van der Waals surface area contributed by atoms with Crippen LogP contribution in [0.1, 0.15) is 51.9 Å². The molecule has 0 spiro atoms. The molecule has 1 fully saturated rings. The van der Waals surface area contributed by atoms with E-state index in [0.29, 0.717) is 31.3 Å². The molecule has 2 atom stereocenters. The minimum absolute atomic E-state index is 0.303. The molecule has 1 saturated carbocycles. The second-order valence-corrected chi connectivity index (χ2v) is 5.34. The number of alkyl halides is 1. The van der Waals surface area contributed by atoms with Gasteiger partial charge in [0, 0.05) is 5.57 Å². The summed E-state index contributed by atoms with van der Waals surface area (Å²) in [6.45, 7) is 4.71. The molecule has 1 rings (SSSR count). The van der Waals surface area contributed by atoms with Gasteiger partial charge < -0.3 is 9.94 Å². The zero-order chi connectivity index (χ0) is 14.3. The first-order chi connectivity index (χ1) is 9.02. The Morgan fingerprint density at radius 1 is 1.53 bits per heavy atom. The maximum atomic E-state index is 12.2.